The number of aromatic nitrogens is 3. The van der Waals surface area contributed by atoms with Crippen molar-refractivity contribution in [3.8, 4) is 0 Å². The number of sulfone groups is 1. The van der Waals surface area contributed by atoms with Crippen LogP contribution in [0.2, 0.25) is 5.02 Å². The minimum absolute atomic E-state index is 0.0189. The van der Waals surface area contributed by atoms with Crippen molar-refractivity contribution < 1.29 is 8.42 Å². The number of hydrogen-bond donors (Lipinski definition) is 1. The molecule has 3 heterocycles. The number of pyridine rings is 2. The summed E-state index contributed by atoms with van der Waals surface area (Å²) in [6, 6.07) is 10.4. The average molecular weight is 441 g/mol. The first-order valence-electron chi connectivity index (χ1n) is 8.97. The van der Waals surface area contributed by atoms with E-state index in [1.807, 2.05) is 13.0 Å². The molecular weight excluding hydrogens is 424 g/mol. The summed E-state index contributed by atoms with van der Waals surface area (Å²) in [5.74, 6) is 0. The molecule has 1 N–H and O–H groups in total. The number of nitrogens with zero attached hydrogens (tertiary/aromatic N) is 3. The number of aryl methyl sites for hydroxylation is 1. The molecule has 0 bridgehead atoms. The Labute approximate surface area is 176 Å². The highest BCUT2D eigenvalue weighted by atomic mass is 35.5. The Morgan fingerprint density at radius 2 is 1.90 bits per heavy atom. The SMILES string of the molecule is C=CCn1c(=N)c(S(=O)(=O)c2ccc(Cl)cc2)cc2c(=O)n3cccc(C)c3nc21. The van der Waals surface area contributed by atoms with Crippen LogP contribution < -0.4 is 11.0 Å². The highest BCUT2D eigenvalue weighted by molar-refractivity contribution is 7.91. The maximum absolute atomic E-state index is 13.3. The summed E-state index contributed by atoms with van der Waals surface area (Å²) in [5.41, 5.74) is 0.770. The van der Waals surface area contributed by atoms with Crippen LogP contribution in [0.5, 0.6) is 0 Å². The van der Waals surface area contributed by atoms with Crippen LogP contribution in [0.3, 0.4) is 0 Å². The van der Waals surface area contributed by atoms with Crippen molar-refractivity contribution in [3.05, 3.63) is 87.7 Å². The molecule has 0 aliphatic rings. The molecule has 0 aliphatic heterocycles. The zero-order chi connectivity index (χ0) is 21.6. The van der Waals surface area contributed by atoms with Crippen LogP contribution in [-0.4, -0.2) is 22.4 Å². The second-order valence-electron chi connectivity index (χ2n) is 6.75. The highest BCUT2D eigenvalue weighted by Crippen LogP contribution is 2.22. The van der Waals surface area contributed by atoms with Crippen molar-refractivity contribution >= 4 is 38.1 Å². The molecule has 1 aromatic carbocycles. The van der Waals surface area contributed by atoms with Gasteiger partial charge in [-0.1, -0.05) is 23.7 Å². The van der Waals surface area contributed by atoms with E-state index in [-0.39, 0.29) is 32.9 Å². The monoisotopic (exact) mass is 440 g/mol. The number of allylic oxidation sites excluding steroid dienone is 1. The molecule has 0 aliphatic carbocycles. The summed E-state index contributed by atoms with van der Waals surface area (Å²) >= 11 is 5.87. The second kappa shape index (κ2) is 7.23. The van der Waals surface area contributed by atoms with Gasteiger partial charge in [0.25, 0.3) is 5.56 Å². The van der Waals surface area contributed by atoms with Crippen LogP contribution in [-0.2, 0) is 16.4 Å². The van der Waals surface area contributed by atoms with Crippen molar-refractivity contribution in [3.63, 3.8) is 0 Å². The van der Waals surface area contributed by atoms with E-state index >= 15 is 0 Å². The Hall–Kier alpha value is -3.23. The molecule has 0 amide bonds. The fourth-order valence-corrected chi connectivity index (χ4v) is 4.84. The number of halogens is 1. The molecule has 4 rings (SSSR count). The van der Waals surface area contributed by atoms with E-state index in [1.165, 1.54) is 45.4 Å². The molecule has 3 aromatic heterocycles. The number of fused-ring (bicyclic) bond motifs is 2. The predicted octanol–water partition coefficient (Wildman–Crippen LogP) is 3.11. The minimum Gasteiger partial charge on any atom is -0.306 e. The van der Waals surface area contributed by atoms with Crippen LogP contribution in [0, 0.1) is 12.3 Å². The first-order chi connectivity index (χ1) is 14.3. The van der Waals surface area contributed by atoms with Crippen LogP contribution in [0.15, 0.2) is 75.9 Å². The molecule has 0 atom stereocenters. The zero-order valence-electron chi connectivity index (χ0n) is 16.0. The van der Waals surface area contributed by atoms with Crippen LogP contribution in [0.4, 0.5) is 0 Å². The van der Waals surface area contributed by atoms with E-state index in [0.717, 1.165) is 5.56 Å². The van der Waals surface area contributed by atoms with Crippen LogP contribution in [0.25, 0.3) is 16.7 Å². The van der Waals surface area contributed by atoms with E-state index in [1.54, 1.807) is 12.3 Å². The topological polar surface area (TPSA) is 97.3 Å². The number of nitrogens with one attached hydrogen (secondary N) is 1. The van der Waals surface area contributed by atoms with E-state index in [9.17, 15) is 13.2 Å². The maximum atomic E-state index is 13.3. The standard InChI is InChI=1S/C21H17ClN4O3S/c1-3-10-25-18(23)17(30(28,29)15-8-6-14(22)7-9-15)12-16-20(25)24-19-13(2)5-4-11-26(19)21(16)27/h3-9,11-12,23H,1,10H2,2H3. The van der Waals surface area contributed by atoms with E-state index < -0.39 is 15.4 Å². The molecule has 0 unspecified atom stereocenters. The molecule has 0 saturated heterocycles. The normalized spacial score (nSPS) is 11.8. The summed E-state index contributed by atoms with van der Waals surface area (Å²) in [7, 11) is -4.07. The lowest BCUT2D eigenvalue weighted by Crippen LogP contribution is -2.29. The van der Waals surface area contributed by atoms with Gasteiger partial charge in [0.1, 0.15) is 21.7 Å². The van der Waals surface area contributed by atoms with Crippen molar-refractivity contribution in [1.29, 1.82) is 5.41 Å². The lowest BCUT2D eigenvalue weighted by Gasteiger charge is -2.14. The minimum atomic E-state index is -4.07. The van der Waals surface area contributed by atoms with E-state index in [0.29, 0.717) is 10.7 Å². The van der Waals surface area contributed by atoms with Gasteiger partial charge >= 0.3 is 0 Å². The third-order valence-corrected chi connectivity index (χ3v) is 6.86. The Bertz CT molecular complexity index is 1550. The number of hydrogen-bond acceptors (Lipinski definition) is 5. The lowest BCUT2D eigenvalue weighted by molar-refractivity contribution is 0.591. The van der Waals surface area contributed by atoms with Gasteiger partial charge in [-0.15, -0.1) is 6.58 Å². The van der Waals surface area contributed by atoms with E-state index in [2.05, 4.69) is 11.6 Å². The summed E-state index contributed by atoms with van der Waals surface area (Å²) in [4.78, 5) is 17.4. The zero-order valence-corrected chi connectivity index (χ0v) is 17.5. The van der Waals surface area contributed by atoms with Gasteiger partial charge in [-0.3, -0.25) is 14.6 Å². The fourth-order valence-electron chi connectivity index (χ4n) is 3.32. The third-order valence-electron chi connectivity index (χ3n) is 4.82. The van der Waals surface area contributed by atoms with Crippen molar-refractivity contribution in [2.75, 3.05) is 0 Å². The molecule has 0 saturated carbocycles. The van der Waals surface area contributed by atoms with Crippen LogP contribution >= 0.6 is 11.6 Å². The van der Waals surface area contributed by atoms with Gasteiger partial charge < -0.3 is 4.57 Å². The summed E-state index contributed by atoms with van der Waals surface area (Å²) in [6.07, 6.45) is 3.11. The molecule has 0 fully saturated rings. The Morgan fingerprint density at radius 3 is 2.57 bits per heavy atom. The highest BCUT2D eigenvalue weighted by Gasteiger charge is 2.24. The van der Waals surface area contributed by atoms with Gasteiger partial charge in [-0.2, -0.15) is 0 Å². The molecule has 0 radical (unpaired) electrons. The van der Waals surface area contributed by atoms with Gasteiger partial charge in [0.2, 0.25) is 9.84 Å². The summed E-state index contributed by atoms with van der Waals surface area (Å²) < 4.78 is 29.3. The molecule has 0 spiro atoms. The van der Waals surface area contributed by atoms with E-state index in [4.69, 9.17) is 17.0 Å². The van der Waals surface area contributed by atoms with Gasteiger partial charge in [-0.25, -0.2) is 13.4 Å². The number of benzene rings is 1. The van der Waals surface area contributed by atoms with Gasteiger partial charge in [0.05, 0.1) is 10.3 Å². The molecule has 30 heavy (non-hydrogen) atoms. The van der Waals surface area contributed by atoms with Crippen LogP contribution in [0.1, 0.15) is 5.56 Å². The largest absolute Gasteiger partial charge is 0.306 e. The van der Waals surface area contributed by atoms with Gasteiger partial charge in [0.15, 0.2) is 0 Å². The Kier molecular flexibility index (Phi) is 4.83. The van der Waals surface area contributed by atoms with Gasteiger partial charge in [-0.05, 0) is 48.9 Å². The first kappa shape index (κ1) is 20.1. The predicted molar refractivity (Wildman–Crippen MR) is 115 cm³/mol. The summed E-state index contributed by atoms with van der Waals surface area (Å²) in [5, 5.41) is 9.07. The lowest BCUT2D eigenvalue weighted by atomic mass is 10.2. The Morgan fingerprint density at radius 1 is 1.20 bits per heavy atom. The molecule has 4 aromatic rings. The quantitative estimate of drug-likeness (QED) is 0.389. The third kappa shape index (κ3) is 3.05. The molecule has 152 valence electrons. The van der Waals surface area contributed by atoms with Crippen molar-refractivity contribution in [2.24, 2.45) is 0 Å². The van der Waals surface area contributed by atoms with Gasteiger partial charge in [0, 0.05) is 17.8 Å². The molecular formula is C21H17ClN4O3S. The molecule has 9 heteroatoms. The number of rotatable bonds is 4. The van der Waals surface area contributed by atoms with Crippen molar-refractivity contribution in [1.82, 2.24) is 14.0 Å². The smallest absolute Gasteiger partial charge is 0.267 e. The first-order valence-corrected chi connectivity index (χ1v) is 10.8. The average Bonchev–Trinajstić information content (AvgIpc) is 2.71. The molecule has 7 nitrogen and oxygen atoms in total. The maximum Gasteiger partial charge on any atom is 0.267 e. The Balaban J connectivity index is 2.16. The summed E-state index contributed by atoms with van der Waals surface area (Å²) in [6.45, 7) is 5.63. The fraction of sp³-hybridized carbons (Fsp3) is 0.0952. The van der Waals surface area contributed by atoms with Crippen molar-refractivity contribution in [2.45, 2.75) is 23.3 Å². The second-order valence-corrected chi connectivity index (χ2v) is 9.11.